The molecule has 0 aliphatic rings. The van der Waals surface area contributed by atoms with Crippen molar-refractivity contribution in [1.29, 1.82) is 5.26 Å². The van der Waals surface area contributed by atoms with Gasteiger partial charge in [0.25, 0.3) is 5.91 Å². The van der Waals surface area contributed by atoms with Crippen molar-refractivity contribution >= 4 is 39.3 Å². The van der Waals surface area contributed by atoms with Gasteiger partial charge in [-0.3, -0.25) is 4.79 Å². The highest BCUT2D eigenvalue weighted by atomic mass is 32.1. The number of carbonyl (C=O) groups is 1. The second-order valence-electron chi connectivity index (χ2n) is 6.56. The molecule has 0 radical (unpaired) electrons. The molecular formula is C23H23N3OS. The summed E-state index contributed by atoms with van der Waals surface area (Å²) in [4.78, 5) is 15.7. The van der Waals surface area contributed by atoms with Crippen molar-refractivity contribution in [2.75, 3.05) is 18.0 Å². The number of fused-ring (bicyclic) bond motifs is 1. The van der Waals surface area contributed by atoms with Crippen LogP contribution in [-0.4, -0.2) is 19.0 Å². The molecule has 0 aliphatic heterocycles. The number of primary amides is 1. The van der Waals surface area contributed by atoms with Crippen LogP contribution in [-0.2, 0) is 4.79 Å². The van der Waals surface area contributed by atoms with Crippen LogP contribution in [0.25, 0.3) is 26.8 Å². The van der Waals surface area contributed by atoms with Gasteiger partial charge in [-0.05, 0) is 73.0 Å². The monoisotopic (exact) mass is 389 g/mol. The number of rotatable bonds is 6. The van der Waals surface area contributed by atoms with E-state index in [0.29, 0.717) is 5.57 Å². The van der Waals surface area contributed by atoms with E-state index in [9.17, 15) is 4.79 Å². The highest BCUT2D eigenvalue weighted by Crippen LogP contribution is 2.35. The molecule has 0 bridgehead atoms. The molecule has 0 atom stereocenters. The number of allylic oxidation sites excluding steroid dienone is 1. The molecule has 5 heteroatoms. The lowest BCUT2D eigenvalue weighted by Crippen LogP contribution is -2.21. The average molecular weight is 390 g/mol. The Hall–Kier alpha value is -3.10. The maximum absolute atomic E-state index is 11.4. The van der Waals surface area contributed by atoms with Gasteiger partial charge in [-0.2, -0.15) is 5.26 Å². The zero-order valence-corrected chi connectivity index (χ0v) is 17.1. The second kappa shape index (κ2) is 8.28. The normalized spacial score (nSPS) is 11.8. The van der Waals surface area contributed by atoms with E-state index in [2.05, 4.69) is 55.1 Å². The lowest BCUT2D eigenvalue weighted by Gasteiger charge is -2.21. The fraction of sp³-hybridized carbons (Fsp3) is 0.217. The molecule has 1 aromatic heterocycles. The average Bonchev–Trinajstić information content (AvgIpc) is 3.19. The Labute approximate surface area is 169 Å². The van der Waals surface area contributed by atoms with Crippen LogP contribution >= 0.6 is 11.3 Å². The number of hydrogen-bond acceptors (Lipinski definition) is 4. The molecule has 1 amide bonds. The molecule has 142 valence electrons. The van der Waals surface area contributed by atoms with Gasteiger partial charge >= 0.3 is 0 Å². The van der Waals surface area contributed by atoms with E-state index in [0.717, 1.165) is 28.4 Å². The van der Waals surface area contributed by atoms with Crippen LogP contribution < -0.4 is 10.6 Å². The van der Waals surface area contributed by atoms with Crippen molar-refractivity contribution in [3.8, 4) is 16.5 Å². The Kier molecular flexibility index (Phi) is 5.81. The lowest BCUT2D eigenvalue weighted by molar-refractivity contribution is -0.114. The molecule has 3 aromatic rings. The lowest BCUT2D eigenvalue weighted by atomic mass is 10.0. The number of thiophene rings is 1. The largest absolute Gasteiger partial charge is 0.372 e. The van der Waals surface area contributed by atoms with E-state index in [-0.39, 0.29) is 5.57 Å². The van der Waals surface area contributed by atoms with Crippen LogP contribution in [0.2, 0.25) is 0 Å². The first-order chi connectivity index (χ1) is 13.5. The summed E-state index contributed by atoms with van der Waals surface area (Å²) < 4.78 is 0. The predicted octanol–water partition coefficient (Wildman–Crippen LogP) is 5.20. The minimum Gasteiger partial charge on any atom is -0.372 e. The van der Waals surface area contributed by atoms with Gasteiger partial charge in [0.15, 0.2) is 0 Å². The smallest absolute Gasteiger partial charge is 0.259 e. The maximum Gasteiger partial charge on any atom is 0.259 e. The summed E-state index contributed by atoms with van der Waals surface area (Å²) in [5, 5.41) is 11.6. The zero-order chi connectivity index (χ0) is 20.3. The Balaban J connectivity index is 1.97. The van der Waals surface area contributed by atoms with Gasteiger partial charge in [-0.25, -0.2) is 0 Å². The Morgan fingerprint density at radius 3 is 2.39 bits per heavy atom. The summed E-state index contributed by atoms with van der Waals surface area (Å²) in [6, 6.07) is 18.8. The fourth-order valence-electron chi connectivity index (χ4n) is 3.31. The van der Waals surface area contributed by atoms with Crippen LogP contribution in [0.3, 0.4) is 0 Å². The number of anilines is 1. The standard InChI is InChI=1S/C23H23N3OS/c1-4-26(5-2)19-9-8-16-12-18(7-6-17(16)13-19)22-11-10-21(28-22)15(3)20(14-24)23(25)27/h6-13H,4-5H2,1-3H3,(H2,25,27)/b20-15+. The number of benzene rings is 2. The summed E-state index contributed by atoms with van der Waals surface area (Å²) in [7, 11) is 0. The number of nitrogens with two attached hydrogens (primary N) is 1. The van der Waals surface area contributed by atoms with Crippen LogP contribution in [0.5, 0.6) is 0 Å². The first kappa shape index (κ1) is 19.7. The van der Waals surface area contributed by atoms with Gasteiger partial charge < -0.3 is 10.6 Å². The third-order valence-electron chi connectivity index (χ3n) is 4.95. The quantitative estimate of drug-likeness (QED) is 0.465. The highest BCUT2D eigenvalue weighted by molar-refractivity contribution is 7.16. The molecule has 2 N–H and O–H groups in total. The van der Waals surface area contributed by atoms with E-state index in [1.54, 1.807) is 18.3 Å². The summed E-state index contributed by atoms with van der Waals surface area (Å²) in [5.41, 5.74) is 8.28. The first-order valence-electron chi connectivity index (χ1n) is 9.28. The molecule has 3 rings (SSSR count). The van der Waals surface area contributed by atoms with Crippen molar-refractivity contribution in [2.45, 2.75) is 20.8 Å². The summed E-state index contributed by atoms with van der Waals surface area (Å²) in [6.07, 6.45) is 0. The summed E-state index contributed by atoms with van der Waals surface area (Å²) >= 11 is 1.55. The highest BCUT2D eigenvalue weighted by Gasteiger charge is 2.13. The van der Waals surface area contributed by atoms with Crippen LogP contribution in [0.15, 0.2) is 54.1 Å². The second-order valence-corrected chi connectivity index (χ2v) is 7.64. The summed E-state index contributed by atoms with van der Waals surface area (Å²) in [5.74, 6) is -0.690. The van der Waals surface area contributed by atoms with Crippen molar-refractivity contribution in [1.82, 2.24) is 0 Å². The Morgan fingerprint density at radius 1 is 1.07 bits per heavy atom. The molecule has 0 aliphatic carbocycles. The van der Waals surface area contributed by atoms with Crippen molar-refractivity contribution in [2.24, 2.45) is 5.73 Å². The van der Waals surface area contributed by atoms with E-state index in [1.165, 1.54) is 16.5 Å². The molecule has 0 spiro atoms. The predicted molar refractivity (Wildman–Crippen MR) is 118 cm³/mol. The fourth-order valence-corrected chi connectivity index (χ4v) is 4.32. The number of amides is 1. The van der Waals surface area contributed by atoms with Gasteiger partial charge in [0, 0.05) is 28.5 Å². The molecular weight excluding hydrogens is 366 g/mol. The molecule has 1 heterocycles. The number of nitrogens with zero attached hydrogens (tertiary/aromatic N) is 2. The summed E-state index contributed by atoms with van der Waals surface area (Å²) in [6.45, 7) is 8.06. The van der Waals surface area contributed by atoms with Gasteiger partial charge in [0.2, 0.25) is 0 Å². The van der Waals surface area contributed by atoms with Gasteiger partial charge in [0.1, 0.15) is 11.6 Å². The third kappa shape index (κ3) is 3.78. The molecule has 4 nitrogen and oxygen atoms in total. The van der Waals surface area contributed by atoms with E-state index < -0.39 is 5.91 Å². The van der Waals surface area contributed by atoms with Gasteiger partial charge in [-0.1, -0.05) is 18.2 Å². The van der Waals surface area contributed by atoms with Crippen LogP contribution in [0.4, 0.5) is 5.69 Å². The van der Waals surface area contributed by atoms with E-state index in [1.807, 2.05) is 18.2 Å². The Morgan fingerprint density at radius 2 is 1.75 bits per heavy atom. The third-order valence-corrected chi connectivity index (χ3v) is 6.20. The van der Waals surface area contributed by atoms with Crippen molar-refractivity contribution in [3.05, 3.63) is 59.0 Å². The zero-order valence-electron chi connectivity index (χ0n) is 16.3. The molecule has 2 aromatic carbocycles. The van der Waals surface area contributed by atoms with Gasteiger partial charge in [-0.15, -0.1) is 11.3 Å². The van der Waals surface area contributed by atoms with Gasteiger partial charge in [0.05, 0.1) is 0 Å². The van der Waals surface area contributed by atoms with Crippen LogP contribution in [0.1, 0.15) is 25.6 Å². The minimum atomic E-state index is -0.690. The first-order valence-corrected chi connectivity index (χ1v) is 10.1. The van der Waals surface area contributed by atoms with Crippen LogP contribution in [0, 0.1) is 11.3 Å². The molecule has 0 unspecified atom stereocenters. The SMILES string of the molecule is CCN(CC)c1ccc2cc(-c3ccc(/C(C)=C(\C#N)C(N)=O)s3)ccc2c1. The molecule has 0 saturated carbocycles. The van der Waals surface area contributed by atoms with E-state index in [4.69, 9.17) is 11.0 Å². The van der Waals surface area contributed by atoms with E-state index >= 15 is 0 Å². The van der Waals surface area contributed by atoms with Crippen molar-refractivity contribution in [3.63, 3.8) is 0 Å². The number of hydrogen-bond donors (Lipinski definition) is 1. The molecule has 28 heavy (non-hydrogen) atoms. The molecule has 0 fully saturated rings. The Bertz CT molecular complexity index is 1100. The maximum atomic E-state index is 11.4. The number of nitriles is 1. The minimum absolute atomic E-state index is 0.0100. The molecule has 0 saturated heterocycles. The number of carbonyl (C=O) groups excluding carboxylic acids is 1. The topological polar surface area (TPSA) is 70.1 Å². The van der Waals surface area contributed by atoms with Crippen molar-refractivity contribution < 1.29 is 4.79 Å².